The molecule has 0 bridgehead atoms. The van der Waals surface area contributed by atoms with Gasteiger partial charge in [0.15, 0.2) is 0 Å². The standard InChI is InChI=1S/C17H17ClO2/c1-20-11-17(19)15-5-3-2-4-12(15)6-7-13-8-9-14(18)10-16(13)17/h2-5,8-10,19H,6-7,11H2,1H3/t17-/m0/s1. The van der Waals surface area contributed by atoms with Gasteiger partial charge >= 0.3 is 0 Å². The quantitative estimate of drug-likeness (QED) is 0.918. The summed E-state index contributed by atoms with van der Waals surface area (Å²) in [5.41, 5.74) is 2.94. The van der Waals surface area contributed by atoms with Gasteiger partial charge in [-0.3, -0.25) is 0 Å². The molecule has 104 valence electrons. The van der Waals surface area contributed by atoms with Crippen molar-refractivity contribution in [3.8, 4) is 0 Å². The Balaban J connectivity index is 2.27. The molecular formula is C17H17ClO2. The highest BCUT2D eigenvalue weighted by Gasteiger charge is 2.37. The topological polar surface area (TPSA) is 29.5 Å². The Labute approximate surface area is 124 Å². The second-order valence-corrected chi connectivity index (χ2v) is 5.69. The van der Waals surface area contributed by atoms with Gasteiger partial charge in [-0.15, -0.1) is 0 Å². The number of hydrogen-bond donors (Lipinski definition) is 1. The van der Waals surface area contributed by atoms with Gasteiger partial charge < -0.3 is 9.84 Å². The lowest BCUT2D eigenvalue weighted by Gasteiger charge is -2.30. The highest BCUT2D eigenvalue weighted by atomic mass is 35.5. The van der Waals surface area contributed by atoms with E-state index in [-0.39, 0.29) is 6.61 Å². The van der Waals surface area contributed by atoms with Crippen molar-refractivity contribution in [2.45, 2.75) is 18.4 Å². The summed E-state index contributed by atoms with van der Waals surface area (Å²) in [6, 6.07) is 13.8. The molecule has 0 aromatic heterocycles. The van der Waals surface area contributed by atoms with Gasteiger partial charge in [0.2, 0.25) is 0 Å². The third-order valence-corrected chi connectivity index (χ3v) is 4.23. The highest BCUT2D eigenvalue weighted by molar-refractivity contribution is 6.30. The fourth-order valence-corrected chi connectivity index (χ4v) is 3.24. The van der Waals surface area contributed by atoms with Gasteiger partial charge in [0.05, 0.1) is 6.61 Å². The summed E-state index contributed by atoms with van der Waals surface area (Å²) in [5.74, 6) is 0. The molecule has 2 aromatic carbocycles. The zero-order valence-electron chi connectivity index (χ0n) is 11.4. The van der Waals surface area contributed by atoms with E-state index in [9.17, 15) is 5.11 Å². The molecule has 0 amide bonds. The summed E-state index contributed by atoms with van der Waals surface area (Å²) in [5, 5.41) is 11.9. The summed E-state index contributed by atoms with van der Waals surface area (Å²) >= 11 is 6.13. The zero-order valence-corrected chi connectivity index (χ0v) is 12.2. The van der Waals surface area contributed by atoms with E-state index in [1.54, 1.807) is 7.11 Å². The minimum atomic E-state index is -1.14. The van der Waals surface area contributed by atoms with Crippen molar-refractivity contribution in [3.05, 3.63) is 69.7 Å². The SMILES string of the molecule is COC[C@]1(O)c2ccccc2CCc2ccc(Cl)cc21. The smallest absolute Gasteiger partial charge is 0.138 e. The van der Waals surface area contributed by atoms with E-state index in [2.05, 4.69) is 6.07 Å². The van der Waals surface area contributed by atoms with Crippen LogP contribution in [0.5, 0.6) is 0 Å². The second kappa shape index (κ2) is 5.21. The van der Waals surface area contributed by atoms with Crippen molar-refractivity contribution in [3.63, 3.8) is 0 Å². The number of aryl methyl sites for hydroxylation is 2. The monoisotopic (exact) mass is 288 g/mol. The summed E-state index contributed by atoms with van der Waals surface area (Å²) in [6.45, 7) is 0.220. The molecule has 1 aliphatic rings. The molecule has 0 saturated heterocycles. The molecule has 0 unspecified atom stereocenters. The van der Waals surface area contributed by atoms with E-state index in [4.69, 9.17) is 16.3 Å². The molecule has 0 spiro atoms. The number of methoxy groups -OCH3 is 1. The number of ether oxygens (including phenoxy) is 1. The van der Waals surface area contributed by atoms with Crippen molar-refractivity contribution in [2.75, 3.05) is 13.7 Å². The third kappa shape index (κ3) is 2.14. The van der Waals surface area contributed by atoms with E-state index >= 15 is 0 Å². The van der Waals surface area contributed by atoms with Gasteiger partial charge in [-0.1, -0.05) is 41.9 Å². The maximum atomic E-state index is 11.3. The Morgan fingerprint density at radius 2 is 1.80 bits per heavy atom. The zero-order chi connectivity index (χ0) is 14.2. The summed E-state index contributed by atoms with van der Waals surface area (Å²) in [6.07, 6.45) is 1.81. The van der Waals surface area contributed by atoms with Crippen LogP contribution in [0.15, 0.2) is 42.5 Å². The van der Waals surface area contributed by atoms with Crippen molar-refractivity contribution in [2.24, 2.45) is 0 Å². The van der Waals surface area contributed by atoms with E-state index in [1.807, 2.05) is 36.4 Å². The fraction of sp³-hybridized carbons (Fsp3) is 0.294. The number of fused-ring (bicyclic) bond motifs is 2. The Hall–Kier alpha value is -1.35. The van der Waals surface area contributed by atoms with Crippen molar-refractivity contribution < 1.29 is 9.84 Å². The van der Waals surface area contributed by atoms with Gasteiger partial charge in [-0.2, -0.15) is 0 Å². The summed E-state index contributed by atoms with van der Waals surface area (Å²) in [7, 11) is 1.61. The van der Waals surface area contributed by atoms with E-state index < -0.39 is 5.60 Å². The highest BCUT2D eigenvalue weighted by Crippen LogP contribution is 2.39. The Morgan fingerprint density at radius 3 is 2.55 bits per heavy atom. The maximum absolute atomic E-state index is 11.3. The first-order chi connectivity index (χ1) is 9.65. The lowest BCUT2D eigenvalue weighted by molar-refractivity contribution is -0.00369. The minimum absolute atomic E-state index is 0.220. The van der Waals surface area contributed by atoms with Crippen LogP contribution in [-0.4, -0.2) is 18.8 Å². The molecule has 1 N–H and O–H groups in total. The average molecular weight is 289 g/mol. The largest absolute Gasteiger partial charge is 0.381 e. The number of halogens is 1. The van der Waals surface area contributed by atoms with E-state index in [0.29, 0.717) is 5.02 Å². The predicted octanol–water partition coefficient (Wildman–Crippen LogP) is 3.32. The number of benzene rings is 2. The van der Waals surface area contributed by atoms with Crippen LogP contribution in [0.4, 0.5) is 0 Å². The first kappa shape index (κ1) is 13.6. The summed E-state index contributed by atoms with van der Waals surface area (Å²) in [4.78, 5) is 0. The van der Waals surface area contributed by atoms with Crippen molar-refractivity contribution in [1.82, 2.24) is 0 Å². The predicted molar refractivity (Wildman–Crippen MR) is 80.2 cm³/mol. The van der Waals surface area contributed by atoms with Gasteiger partial charge in [-0.05, 0) is 47.2 Å². The number of rotatable bonds is 2. The normalized spacial score (nSPS) is 20.9. The van der Waals surface area contributed by atoms with Crippen LogP contribution in [0.25, 0.3) is 0 Å². The first-order valence-corrected chi connectivity index (χ1v) is 7.11. The molecule has 2 nitrogen and oxygen atoms in total. The van der Waals surface area contributed by atoms with Crippen LogP contribution < -0.4 is 0 Å². The van der Waals surface area contributed by atoms with Crippen LogP contribution in [0.1, 0.15) is 22.3 Å². The molecule has 0 radical (unpaired) electrons. The fourth-order valence-electron chi connectivity index (χ4n) is 3.07. The Kier molecular flexibility index (Phi) is 3.55. The average Bonchev–Trinajstić information content (AvgIpc) is 2.57. The molecule has 0 heterocycles. The van der Waals surface area contributed by atoms with Gasteiger partial charge in [-0.25, -0.2) is 0 Å². The van der Waals surface area contributed by atoms with Crippen LogP contribution in [0.3, 0.4) is 0 Å². The third-order valence-electron chi connectivity index (χ3n) is 4.00. The molecule has 0 aliphatic heterocycles. The molecule has 3 rings (SSSR count). The van der Waals surface area contributed by atoms with Crippen molar-refractivity contribution >= 4 is 11.6 Å². The number of aliphatic hydroxyl groups is 1. The Morgan fingerprint density at radius 1 is 1.10 bits per heavy atom. The van der Waals surface area contributed by atoms with Gasteiger partial charge in [0.25, 0.3) is 0 Å². The molecular weight excluding hydrogens is 272 g/mol. The second-order valence-electron chi connectivity index (χ2n) is 5.25. The van der Waals surface area contributed by atoms with Crippen LogP contribution in [0.2, 0.25) is 5.02 Å². The molecule has 0 saturated carbocycles. The van der Waals surface area contributed by atoms with Crippen molar-refractivity contribution in [1.29, 1.82) is 0 Å². The van der Waals surface area contributed by atoms with E-state index in [1.165, 1.54) is 5.56 Å². The molecule has 20 heavy (non-hydrogen) atoms. The number of hydrogen-bond acceptors (Lipinski definition) is 2. The molecule has 0 fully saturated rings. The van der Waals surface area contributed by atoms with Gasteiger partial charge in [0.1, 0.15) is 5.60 Å². The van der Waals surface area contributed by atoms with Gasteiger partial charge in [0, 0.05) is 12.1 Å². The first-order valence-electron chi connectivity index (χ1n) is 6.74. The van der Waals surface area contributed by atoms with E-state index in [0.717, 1.165) is 29.5 Å². The molecule has 3 heteroatoms. The lowest BCUT2D eigenvalue weighted by Crippen LogP contribution is -2.33. The molecule has 2 aromatic rings. The summed E-state index contributed by atoms with van der Waals surface area (Å²) < 4.78 is 5.30. The van der Waals surface area contributed by atoms with Crippen LogP contribution in [0, 0.1) is 0 Å². The van der Waals surface area contributed by atoms with Crippen LogP contribution >= 0.6 is 11.6 Å². The lowest BCUT2D eigenvalue weighted by atomic mass is 9.84. The van der Waals surface area contributed by atoms with Crippen LogP contribution in [-0.2, 0) is 23.2 Å². The Bertz CT molecular complexity index is 639. The molecule has 1 atom stereocenters. The maximum Gasteiger partial charge on any atom is 0.138 e. The molecule has 1 aliphatic carbocycles. The minimum Gasteiger partial charge on any atom is -0.381 e.